The molecular formula is C33H37N5O3S. The largest absolute Gasteiger partial charge is 0.370 e. The van der Waals surface area contributed by atoms with E-state index in [9.17, 15) is 18.5 Å². The molecule has 0 aliphatic carbocycles. The van der Waals surface area contributed by atoms with Crippen LogP contribution in [-0.2, 0) is 10.0 Å². The molecule has 0 radical (unpaired) electrons. The first kappa shape index (κ1) is 29.4. The first-order chi connectivity index (χ1) is 20.1. The minimum atomic E-state index is -3.86. The van der Waals surface area contributed by atoms with Gasteiger partial charge in [-0.25, -0.2) is 13.6 Å². The lowest BCUT2D eigenvalue weighted by Crippen LogP contribution is -2.54. The molecule has 3 aromatic rings. The van der Waals surface area contributed by atoms with Gasteiger partial charge in [-0.3, -0.25) is 4.79 Å². The molecule has 0 unspecified atom stereocenters. The number of anilines is 2. The van der Waals surface area contributed by atoms with E-state index in [-0.39, 0.29) is 16.8 Å². The molecule has 2 fully saturated rings. The van der Waals surface area contributed by atoms with E-state index in [1.54, 1.807) is 18.2 Å². The predicted molar refractivity (Wildman–Crippen MR) is 167 cm³/mol. The number of carbonyl (C=O) groups is 1. The van der Waals surface area contributed by atoms with Crippen molar-refractivity contribution in [1.82, 2.24) is 4.90 Å². The quantitative estimate of drug-likeness (QED) is 0.460. The predicted octanol–water partition coefficient (Wildman–Crippen LogP) is 4.86. The second kappa shape index (κ2) is 12.0. The molecule has 0 saturated carbocycles. The zero-order valence-corrected chi connectivity index (χ0v) is 25.2. The van der Waals surface area contributed by atoms with Crippen LogP contribution in [0.25, 0.3) is 6.08 Å². The van der Waals surface area contributed by atoms with E-state index in [0.717, 1.165) is 48.3 Å². The molecule has 2 aliphatic rings. The average Bonchev–Trinajstić information content (AvgIpc) is 2.98. The fraction of sp³-hybridized carbons (Fsp3) is 0.333. The Hall–Kier alpha value is -4.13. The van der Waals surface area contributed by atoms with Gasteiger partial charge in [0.15, 0.2) is 0 Å². The maximum Gasteiger partial charge on any atom is 0.254 e. The average molecular weight is 584 g/mol. The van der Waals surface area contributed by atoms with E-state index in [1.807, 2.05) is 54.0 Å². The highest BCUT2D eigenvalue weighted by Gasteiger charge is 2.31. The van der Waals surface area contributed by atoms with Crippen molar-refractivity contribution < 1.29 is 13.2 Å². The molecule has 8 nitrogen and oxygen atoms in total. The molecule has 9 heteroatoms. The third-order valence-electron chi connectivity index (χ3n) is 8.37. The van der Waals surface area contributed by atoms with Gasteiger partial charge in [0.25, 0.3) is 5.91 Å². The number of nitrogens with zero attached hydrogens (tertiary/aromatic N) is 4. The lowest BCUT2D eigenvalue weighted by Gasteiger charge is -2.41. The molecule has 2 aliphatic heterocycles. The van der Waals surface area contributed by atoms with E-state index in [0.29, 0.717) is 36.4 Å². The number of aryl methyl sites for hydroxylation is 2. The van der Waals surface area contributed by atoms with Gasteiger partial charge in [-0.2, -0.15) is 5.26 Å². The molecule has 1 amide bonds. The van der Waals surface area contributed by atoms with Crippen molar-refractivity contribution in [3.63, 3.8) is 0 Å². The van der Waals surface area contributed by atoms with Crippen LogP contribution in [0.4, 0.5) is 11.4 Å². The summed E-state index contributed by atoms with van der Waals surface area (Å²) < 4.78 is 24.3. The van der Waals surface area contributed by atoms with Crippen LogP contribution in [0.15, 0.2) is 71.1 Å². The lowest BCUT2D eigenvalue weighted by molar-refractivity contribution is 0.0673. The molecule has 1 atom stereocenters. The van der Waals surface area contributed by atoms with Crippen LogP contribution in [0.5, 0.6) is 0 Å². The number of hydrogen-bond donors (Lipinski definition) is 1. The lowest BCUT2D eigenvalue weighted by atomic mass is 9.94. The molecular weight excluding hydrogens is 546 g/mol. The highest BCUT2D eigenvalue weighted by molar-refractivity contribution is 7.89. The van der Waals surface area contributed by atoms with Crippen molar-refractivity contribution in [2.75, 3.05) is 42.5 Å². The Morgan fingerprint density at radius 1 is 0.929 bits per heavy atom. The number of carbonyl (C=O) groups excluding carboxylic acids is 1. The van der Waals surface area contributed by atoms with Crippen molar-refractivity contribution in [3.05, 3.63) is 94.1 Å². The molecule has 5 rings (SSSR count). The third-order valence-corrected chi connectivity index (χ3v) is 9.33. The first-order valence-electron chi connectivity index (χ1n) is 14.3. The summed E-state index contributed by atoms with van der Waals surface area (Å²) in [4.78, 5) is 20.1. The van der Waals surface area contributed by atoms with Gasteiger partial charge in [0.2, 0.25) is 10.0 Å². The summed E-state index contributed by atoms with van der Waals surface area (Å²) >= 11 is 0. The van der Waals surface area contributed by atoms with E-state index in [4.69, 9.17) is 5.14 Å². The third kappa shape index (κ3) is 6.06. The number of hydrogen-bond acceptors (Lipinski definition) is 6. The fourth-order valence-corrected chi connectivity index (χ4v) is 6.85. The zero-order valence-electron chi connectivity index (χ0n) is 24.4. The summed E-state index contributed by atoms with van der Waals surface area (Å²) in [5.74, 6) is -0.0121. The number of para-hydroxylation sites is 2. The Balaban J connectivity index is 1.31. The molecule has 2 heterocycles. The molecule has 2 N–H and O–H groups in total. The number of piperidine rings is 1. The Morgan fingerprint density at radius 2 is 1.60 bits per heavy atom. The number of nitriles is 1. The van der Waals surface area contributed by atoms with Gasteiger partial charge in [-0.15, -0.1) is 0 Å². The number of benzene rings is 3. The Kier molecular flexibility index (Phi) is 8.39. The SMILES string of the molecule is Cc1cc(C)c(C(=O)N2CCN(c3ccccc3S(N)(=O)=O)C[C@@H]2C)cc1C=C1CCN(c2ccccc2C#N)CC1. The molecule has 42 heavy (non-hydrogen) atoms. The van der Waals surface area contributed by atoms with Crippen LogP contribution in [0.2, 0.25) is 0 Å². The van der Waals surface area contributed by atoms with Crippen molar-refractivity contribution in [3.8, 4) is 6.07 Å². The van der Waals surface area contributed by atoms with Crippen LogP contribution >= 0.6 is 0 Å². The highest BCUT2D eigenvalue weighted by Crippen LogP contribution is 2.30. The number of sulfonamides is 1. The number of piperazine rings is 1. The van der Waals surface area contributed by atoms with Crippen molar-refractivity contribution in [2.45, 2.75) is 44.6 Å². The summed E-state index contributed by atoms with van der Waals surface area (Å²) in [7, 11) is -3.86. The second-order valence-corrected chi connectivity index (χ2v) is 12.8. The first-order valence-corrected chi connectivity index (χ1v) is 15.8. The van der Waals surface area contributed by atoms with Gasteiger partial charge in [0, 0.05) is 44.3 Å². The van der Waals surface area contributed by atoms with Crippen molar-refractivity contribution in [1.29, 1.82) is 5.26 Å². The van der Waals surface area contributed by atoms with Crippen molar-refractivity contribution >= 4 is 33.4 Å². The van der Waals surface area contributed by atoms with E-state index in [2.05, 4.69) is 30.0 Å². The fourth-order valence-electron chi connectivity index (χ4n) is 6.09. The molecule has 3 aromatic carbocycles. The normalized spacial score (nSPS) is 17.6. The monoisotopic (exact) mass is 583 g/mol. The zero-order chi connectivity index (χ0) is 30.0. The number of nitrogens with two attached hydrogens (primary N) is 1. The maximum atomic E-state index is 13.9. The van der Waals surface area contributed by atoms with Crippen LogP contribution < -0.4 is 14.9 Å². The Labute approximate surface area is 248 Å². The summed E-state index contributed by atoms with van der Waals surface area (Å²) in [6.07, 6.45) is 4.02. The Bertz CT molecular complexity index is 1680. The van der Waals surface area contributed by atoms with Crippen LogP contribution in [0.3, 0.4) is 0 Å². The minimum Gasteiger partial charge on any atom is -0.370 e. The van der Waals surface area contributed by atoms with Gasteiger partial charge >= 0.3 is 0 Å². The molecule has 0 spiro atoms. The number of primary sulfonamides is 1. The highest BCUT2D eigenvalue weighted by atomic mass is 32.2. The molecule has 2 saturated heterocycles. The van der Waals surface area contributed by atoms with Crippen LogP contribution in [-0.4, -0.2) is 58.0 Å². The second-order valence-electron chi connectivity index (χ2n) is 11.2. The molecule has 218 valence electrons. The number of rotatable bonds is 5. The van der Waals surface area contributed by atoms with Gasteiger partial charge in [0.1, 0.15) is 11.0 Å². The smallest absolute Gasteiger partial charge is 0.254 e. The van der Waals surface area contributed by atoms with Gasteiger partial charge in [-0.05, 0) is 80.6 Å². The molecule has 0 aromatic heterocycles. The van der Waals surface area contributed by atoms with E-state index < -0.39 is 10.0 Å². The molecule has 0 bridgehead atoms. The minimum absolute atomic E-state index is 0.0121. The Morgan fingerprint density at radius 3 is 2.26 bits per heavy atom. The van der Waals surface area contributed by atoms with E-state index >= 15 is 0 Å². The van der Waals surface area contributed by atoms with E-state index in [1.165, 1.54) is 11.6 Å². The summed E-state index contributed by atoms with van der Waals surface area (Å²) in [6.45, 7) is 9.23. The topological polar surface area (TPSA) is 111 Å². The number of amides is 1. The standard InChI is InChI=1S/C33H37N5O3S/c1-23-18-24(2)29(20-28(23)19-26-12-14-36(15-13-26)30-9-5-4-8-27(30)21-34)33(39)38-17-16-37(22-25(38)3)31-10-6-7-11-32(31)42(35,40)41/h4-11,18-20,25H,12-17,22H2,1-3H3,(H2,35,40,41)/t25-/m0/s1. The summed E-state index contributed by atoms with van der Waals surface area (Å²) in [5.41, 5.74) is 7.41. The summed E-state index contributed by atoms with van der Waals surface area (Å²) in [6, 6.07) is 20.8. The van der Waals surface area contributed by atoms with Crippen LogP contribution in [0, 0.1) is 25.2 Å². The van der Waals surface area contributed by atoms with Gasteiger partial charge in [-0.1, -0.05) is 42.0 Å². The maximum absolute atomic E-state index is 13.9. The van der Waals surface area contributed by atoms with Crippen LogP contribution in [0.1, 0.15) is 52.4 Å². The van der Waals surface area contributed by atoms with Gasteiger partial charge in [0.05, 0.1) is 16.9 Å². The summed E-state index contributed by atoms with van der Waals surface area (Å²) in [5, 5.41) is 15.0. The van der Waals surface area contributed by atoms with Crippen molar-refractivity contribution in [2.24, 2.45) is 5.14 Å². The van der Waals surface area contributed by atoms with Gasteiger partial charge < -0.3 is 14.7 Å².